The van der Waals surface area contributed by atoms with E-state index in [4.69, 9.17) is 11.6 Å². The highest BCUT2D eigenvalue weighted by Gasteiger charge is 2.54. The van der Waals surface area contributed by atoms with Gasteiger partial charge in [0.15, 0.2) is 5.82 Å². The van der Waals surface area contributed by atoms with Crippen LogP contribution < -0.4 is 4.90 Å². The lowest BCUT2D eigenvalue weighted by Crippen LogP contribution is -2.42. The third-order valence-corrected chi connectivity index (χ3v) is 7.20. The number of hydrogen-bond acceptors (Lipinski definition) is 4. The molecule has 4 rings (SSSR count). The van der Waals surface area contributed by atoms with E-state index in [9.17, 15) is 26.0 Å². The van der Waals surface area contributed by atoms with Gasteiger partial charge in [0.2, 0.25) is 0 Å². The average Bonchev–Trinajstić information content (AvgIpc) is 3.20. The summed E-state index contributed by atoms with van der Waals surface area (Å²) < 4.78 is 83.8. The summed E-state index contributed by atoms with van der Waals surface area (Å²) in [7, 11) is -4.24. The Bertz CT molecular complexity index is 1250. The second-order valence-electron chi connectivity index (χ2n) is 7.78. The Kier molecular flexibility index (Phi) is 5.01. The van der Waals surface area contributed by atoms with Crippen LogP contribution in [0.4, 0.5) is 23.4 Å². The molecule has 31 heavy (non-hydrogen) atoms. The van der Waals surface area contributed by atoms with Gasteiger partial charge in [-0.1, -0.05) is 35.4 Å². The van der Waals surface area contributed by atoms with Gasteiger partial charge in [-0.25, -0.2) is 17.6 Å². The summed E-state index contributed by atoms with van der Waals surface area (Å²) in [6.45, 7) is 1.31. The summed E-state index contributed by atoms with van der Waals surface area (Å²) in [5, 5.41) is 4.08. The Labute approximate surface area is 181 Å². The van der Waals surface area contributed by atoms with Crippen molar-refractivity contribution in [1.82, 2.24) is 9.19 Å². The predicted molar refractivity (Wildman–Crippen MR) is 110 cm³/mol. The van der Waals surface area contributed by atoms with E-state index in [1.54, 1.807) is 19.1 Å². The molecule has 5 nitrogen and oxygen atoms in total. The zero-order chi connectivity index (χ0) is 22.8. The maximum atomic E-state index is 14.2. The summed E-state index contributed by atoms with van der Waals surface area (Å²) >= 11 is 6.25. The van der Waals surface area contributed by atoms with Gasteiger partial charge in [0, 0.05) is 13.3 Å². The van der Waals surface area contributed by atoms with Crippen LogP contribution in [0.1, 0.15) is 18.9 Å². The van der Waals surface area contributed by atoms with Gasteiger partial charge in [0.1, 0.15) is 0 Å². The Morgan fingerprint density at radius 3 is 2.42 bits per heavy atom. The number of halogens is 5. The second-order valence-corrected chi connectivity index (χ2v) is 9.95. The van der Waals surface area contributed by atoms with Crippen LogP contribution >= 0.6 is 11.6 Å². The summed E-state index contributed by atoms with van der Waals surface area (Å²) in [4.78, 5) is 0.674. The molecule has 0 spiro atoms. The van der Waals surface area contributed by atoms with Gasteiger partial charge in [0.05, 0.1) is 33.4 Å². The van der Waals surface area contributed by atoms with Crippen molar-refractivity contribution in [3.63, 3.8) is 0 Å². The summed E-state index contributed by atoms with van der Waals surface area (Å²) in [6.07, 6.45) is -1.08. The monoisotopic (exact) mass is 475 g/mol. The minimum atomic E-state index is -4.24. The van der Waals surface area contributed by atoms with Crippen LogP contribution in [0, 0.1) is 6.92 Å². The van der Waals surface area contributed by atoms with Gasteiger partial charge in [-0.2, -0.15) is 12.5 Å². The summed E-state index contributed by atoms with van der Waals surface area (Å²) in [5.74, 6) is -7.19. The number of hydrogen-bond donors (Lipinski definition) is 0. The molecule has 166 valence electrons. The van der Waals surface area contributed by atoms with Crippen molar-refractivity contribution >= 4 is 38.3 Å². The van der Waals surface area contributed by atoms with Crippen LogP contribution in [0.15, 0.2) is 47.4 Å². The van der Waals surface area contributed by atoms with Crippen LogP contribution in [0.5, 0.6) is 0 Å². The molecule has 2 heterocycles. The molecule has 0 bridgehead atoms. The molecule has 0 radical (unpaired) electrons. The molecule has 1 aromatic heterocycles. The van der Waals surface area contributed by atoms with Crippen LogP contribution in [0.3, 0.4) is 0 Å². The highest BCUT2D eigenvalue weighted by Crippen LogP contribution is 2.44. The van der Waals surface area contributed by atoms with Gasteiger partial charge in [0.25, 0.3) is 21.9 Å². The first kappa shape index (κ1) is 21.9. The Morgan fingerprint density at radius 2 is 1.81 bits per heavy atom. The van der Waals surface area contributed by atoms with E-state index < -0.39 is 40.9 Å². The minimum Gasteiger partial charge on any atom is -0.339 e. The van der Waals surface area contributed by atoms with E-state index >= 15 is 0 Å². The van der Waals surface area contributed by atoms with E-state index in [1.165, 1.54) is 30.3 Å². The fourth-order valence-corrected chi connectivity index (χ4v) is 5.30. The van der Waals surface area contributed by atoms with Crippen LogP contribution in [-0.2, 0) is 10.0 Å². The largest absolute Gasteiger partial charge is 0.339 e. The molecule has 11 heteroatoms. The summed E-state index contributed by atoms with van der Waals surface area (Å²) in [6, 6.07) is 8.39. The lowest BCUT2D eigenvalue weighted by Gasteiger charge is -2.28. The third-order valence-electron chi connectivity index (χ3n) is 5.28. The van der Waals surface area contributed by atoms with Gasteiger partial charge in [-0.15, -0.1) is 5.10 Å². The van der Waals surface area contributed by atoms with Crippen molar-refractivity contribution in [1.29, 1.82) is 0 Å². The first-order valence-electron chi connectivity index (χ1n) is 9.33. The minimum absolute atomic E-state index is 0.0106. The molecule has 0 amide bonds. The highest BCUT2D eigenvalue weighted by atomic mass is 35.5. The first-order chi connectivity index (χ1) is 14.3. The number of nitrogens with zero attached hydrogens (tertiary/aromatic N) is 3. The molecule has 1 fully saturated rings. The van der Waals surface area contributed by atoms with Gasteiger partial charge in [-0.05, 0) is 31.2 Å². The summed E-state index contributed by atoms with van der Waals surface area (Å²) in [5.41, 5.74) is 0.844. The number of anilines is 1. The maximum absolute atomic E-state index is 14.2. The molecule has 1 saturated heterocycles. The fourth-order valence-electron chi connectivity index (χ4n) is 3.77. The molecule has 1 aliphatic rings. The molecule has 1 atom stereocenters. The number of aryl methyl sites for hydroxylation is 1. The van der Waals surface area contributed by atoms with Crippen LogP contribution in [0.2, 0.25) is 5.02 Å². The van der Waals surface area contributed by atoms with Crippen molar-refractivity contribution in [3.05, 3.63) is 53.1 Å². The molecular weight excluding hydrogens is 458 g/mol. The number of aromatic nitrogens is 2. The van der Waals surface area contributed by atoms with E-state index in [2.05, 4.69) is 5.10 Å². The smallest absolute Gasteiger partial charge is 0.283 e. The molecule has 0 saturated carbocycles. The standard InChI is InChI=1S/C20H18ClF4N3O2S/c1-12-6-8-13(9-7-12)31(29,30)28-15-5-3-4-14(21)17(15)18(26-28)27-11-20(24,25)10-16(27)19(2,22)23/h3-9,16H,10-11H2,1-2H3/t16-/m0/s1. The van der Waals surface area contributed by atoms with Gasteiger partial charge >= 0.3 is 0 Å². The highest BCUT2D eigenvalue weighted by molar-refractivity contribution is 7.90. The fraction of sp³-hybridized carbons (Fsp3) is 0.350. The predicted octanol–water partition coefficient (Wildman–Crippen LogP) is 5.10. The Hall–Kier alpha value is -2.33. The van der Waals surface area contributed by atoms with Crippen LogP contribution in [0.25, 0.3) is 10.9 Å². The Morgan fingerprint density at radius 1 is 1.16 bits per heavy atom. The number of rotatable bonds is 4. The Balaban J connectivity index is 1.96. The van der Waals surface area contributed by atoms with Crippen molar-refractivity contribution in [2.45, 2.75) is 43.1 Å². The number of fused-ring (bicyclic) bond motifs is 1. The number of alkyl halides is 4. The molecule has 1 aliphatic heterocycles. The van der Waals surface area contributed by atoms with Gasteiger partial charge in [-0.3, -0.25) is 0 Å². The lowest BCUT2D eigenvalue weighted by molar-refractivity contribution is -0.0299. The van der Waals surface area contributed by atoms with E-state index in [0.29, 0.717) is 11.0 Å². The molecule has 0 N–H and O–H groups in total. The zero-order valence-corrected chi connectivity index (χ0v) is 18.1. The SMILES string of the molecule is Cc1ccc(S(=O)(=O)n2nc(N3CC(F)(F)C[C@H]3C(C)(F)F)c3c(Cl)cccc32)cc1. The third kappa shape index (κ3) is 3.76. The van der Waals surface area contributed by atoms with Crippen molar-refractivity contribution in [2.24, 2.45) is 0 Å². The maximum Gasteiger partial charge on any atom is 0.283 e. The van der Waals surface area contributed by atoms with Crippen molar-refractivity contribution in [3.8, 4) is 0 Å². The molecule has 0 unspecified atom stereocenters. The molecule has 3 aromatic rings. The average molecular weight is 476 g/mol. The normalized spacial score (nSPS) is 19.3. The molecule has 0 aliphatic carbocycles. The van der Waals surface area contributed by atoms with Crippen LogP contribution in [-0.4, -0.2) is 42.0 Å². The topological polar surface area (TPSA) is 55.2 Å². The molecule has 2 aromatic carbocycles. The van der Waals surface area contributed by atoms with Crippen molar-refractivity contribution in [2.75, 3.05) is 11.4 Å². The van der Waals surface area contributed by atoms with E-state index in [-0.39, 0.29) is 26.6 Å². The first-order valence-corrected chi connectivity index (χ1v) is 11.1. The second kappa shape index (κ2) is 7.09. The van der Waals surface area contributed by atoms with E-state index in [1.807, 2.05) is 0 Å². The van der Waals surface area contributed by atoms with Crippen molar-refractivity contribution < 1.29 is 26.0 Å². The quantitative estimate of drug-likeness (QED) is 0.492. The van der Waals surface area contributed by atoms with E-state index in [0.717, 1.165) is 10.5 Å². The number of benzene rings is 2. The molecular formula is C20H18ClF4N3O2S. The lowest BCUT2D eigenvalue weighted by atomic mass is 10.1. The zero-order valence-electron chi connectivity index (χ0n) is 16.5. The van der Waals surface area contributed by atoms with Gasteiger partial charge < -0.3 is 4.90 Å².